The molecule has 4 heterocycles. The zero-order chi connectivity index (χ0) is 28.8. The molecule has 0 unspecified atom stereocenters. The number of methoxy groups -OCH3 is 1. The average Bonchev–Trinajstić information content (AvgIpc) is 3.15. The summed E-state index contributed by atoms with van der Waals surface area (Å²) in [6, 6.07) is 5.55. The molecule has 0 aliphatic carbocycles. The molecule has 40 heavy (non-hydrogen) atoms. The molecule has 11 heteroatoms. The zero-order valence-electron chi connectivity index (χ0n) is 23.4. The number of benzene rings is 1. The summed E-state index contributed by atoms with van der Waals surface area (Å²) in [6.07, 6.45) is 1.11. The van der Waals surface area contributed by atoms with Crippen molar-refractivity contribution in [3.8, 4) is 28.7 Å². The van der Waals surface area contributed by atoms with Gasteiger partial charge in [-0.2, -0.15) is 0 Å². The molecule has 2 fully saturated rings. The predicted molar refractivity (Wildman–Crippen MR) is 154 cm³/mol. The van der Waals surface area contributed by atoms with Crippen LogP contribution in [-0.4, -0.2) is 86.6 Å². The van der Waals surface area contributed by atoms with Crippen LogP contribution in [0.15, 0.2) is 24.5 Å². The average molecular weight is 567 g/mol. The van der Waals surface area contributed by atoms with Crippen molar-refractivity contribution in [2.45, 2.75) is 44.9 Å². The molecule has 2 atom stereocenters. The van der Waals surface area contributed by atoms with Crippen molar-refractivity contribution in [2.24, 2.45) is 13.0 Å². The molecule has 3 N–H and O–H groups in total. The van der Waals surface area contributed by atoms with Gasteiger partial charge in [-0.15, -0.1) is 0 Å². The number of likely N-dealkylation sites (tertiary alicyclic amines) is 2. The second-order valence-corrected chi connectivity index (χ2v) is 11.8. The number of amides is 1. The van der Waals surface area contributed by atoms with Crippen molar-refractivity contribution < 1.29 is 19.4 Å². The van der Waals surface area contributed by atoms with Gasteiger partial charge in [0.25, 0.3) is 0 Å². The Labute approximate surface area is 239 Å². The number of aryl methyl sites for hydroxylation is 1. The molecule has 1 amide bonds. The molecular weight excluding hydrogens is 532 g/mol. The van der Waals surface area contributed by atoms with E-state index in [-0.39, 0.29) is 24.6 Å². The number of nitrogens with two attached hydrogens (primary N) is 1. The predicted octanol–water partition coefficient (Wildman–Crippen LogP) is 3.53. The minimum absolute atomic E-state index is 0.0125. The quantitative estimate of drug-likeness (QED) is 0.462. The number of aliphatic hydroxyl groups is 1. The Morgan fingerprint density at radius 2 is 1.98 bits per heavy atom. The lowest BCUT2D eigenvalue weighted by Gasteiger charge is -2.47. The number of aliphatic hydroxyl groups excluding tert-OH is 1. The molecule has 10 nitrogen and oxygen atoms in total. The van der Waals surface area contributed by atoms with Crippen molar-refractivity contribution in [1.82, 2.24) is 24.3 Å². The van der Waals surface area contributed by atoms with Crippen LogP contribution in [0.4, 0.5) is 10.6 Å². The summed E-state index contributed by atoms with van der Waals surface area (Å²) in [5.74, 6) is 7.87. The van der Waals surface area contributed by atoms with Crippen LogP contribution in [-0.2, 0) is 11.8 Å². The first-order chi connectivity index (χ1) is 19.0. The van der Waals surface area contributed by atoms with Crippen LogP contribution in [0.3, 0.4) is 0 Å². The van der Waals surface area contributed by atoms with Crippen LogP contribution in [0, 0.1) is 17.8 Å². The van der Waals surface area contributed by atoms with Gasteiger partial charge in [0.05, 0.1) is 30.2 Å². The fourth-order valence-corrected chi connectivity index (χ4v) is 5.60. The van der Waals surface area contributed by atoms with Crippen molar-refractivity contribution >= 4 is 34.5 Å². The molecule has 2 aromatic heterocycles. The molecular formula is C29H35ClN6O4. The highest BCUT2D eigenvalue weighted by Gasteiger charge is 2.40. The van der Waals surface area contributed by atoms with E-state index in [2.05, 4.69) is 26.7 Å². The first-order valence-corrected chi connectivity index (χ1v) is 13.7. The zero-order valence-corrected chi connectivity index (χ0v) is 24.2. The van der Waals surface area contributed by atoms with Gasteiger partial charge in [-0.25, -0.2) is 14.8 Å². The molecule has 0 radical (unpaired) electrons. The molecule has 5 rings (SSSR count). The third-order valence-corrected chi connectivity index (χ3v) is 7.72. The second-order valence-electron chi connectivity index (χ2n) is 11.4. The topological polar surface area (TPSA) is 119 Å². The highest BCUT2D eigenvalue weighted by Crippen LogP contribution is 2.39. The first-order valence-electron chi connectivity index (χ1n) is 13.3. The van der Waals surface area contributed by atoms with Crippen LogP contribution < -0.4 is 10.5 Å². The van der Waals surface area contributed by atoms with Gasteiger partial charge >= 0.3 is 6.09 Å². The van der Waals surface area contributed by atoms with E-state index in [9.17, 15) is 9.90 Å². The third-order valence-electron chi connectivity index (χ3n) is 7.41. The van der Waals surface area contributed by atoms with Gasteiger partial charge in [-0.05, 0) is 50.8 Å². The van der Waals surface area contributed by atoms with Crippen LogP contribution in [0.1, 0.15) is 32.9 Å². The van der Waals surface area contributed by atoms with Crippen LogP contribution in [0.2, 0.25) is 5.02 Å². The highest BCUT2D eigenvalue weighted by molar-refractivity contribution is 6.32. The Hall–Kier alpha value is -3.52. The fraction of sp³-hybridized carbons (Fsp3) is 0.483. The number of β-amino-alcohol motifs (C(OH)–C–C–N with tert-alkyl or cyclic N) is 1. The Morgan fingerprint density at radius 1 is 1.23 bits per heavy atom. The Balaban J connectivity index is 1.33. The summed E-state index contributed by atoms with van der Waals surface area (Å²) in [5.41, 5.74) is 8.90. The standard InChI is InChI=1S/C29H35ClN6O4/c1-29(2,3)40-28(38)35-11-10-20(22(37)15-35)36-13-17(14-36)6-9-21-24(18-7-8-19(30)23(12-18)39-5)25-26(31)32-16-33-27(25)34(21)4/h7-8,12,16-17,20,22,37H,10-11,13-15H2,1-5H3,(H2,31,32,33)/t20-,22-/m0/s1. The lowest BCUT2D eigenvalue weighted by molar-refractivity contribution is -0.0521. The summed E-state index contributed by atoms with van der Waals surface area (Å²) < 4.78 is 12.8. The normalized spacial score (nSPS) is 20.1. The van der Waals surface area contributed by atoms with Gasteiger partial charge in [0.1, 0.15) is 34.8 Å². The minimum atomic E-state index is -0.638. The minimum Gasteiger partial charge on any atom is -0.495 e. The van der Waals surface area contributed by atoms with Gasteiger partial charge in [0, 0.05) is 44.2 Å². The van der Waals surface area contributed by atoms with E-state index in [1.54, 1.807) is 18.1 Å². The van der Waals surface area contributed by atoms with Gasteiger partial charge in [-0.3, -0.25) is 4.90 Å². The molecule has 212 valence electrons. The Bertz CT molecular complexity index is 1500. The number of ether oxygens (including phenoxy) is 2. The number of fused-ring (bicyclic) bond motifs is 1. The fourth-order valence-electron chi connectivity index (χ4n) is 5.40. The van der Waals surface area contributed by atoms with Crippen molar-refractivity contribution in [3.05, 3.63) is 35.2 Å². The highest BCUT2D eigenvalue weighted by atomic mass is 35.5. The first kappa shape index (κ1) is 28.0. The number of halogens is 1. The summed E-state index contributed by atoms with van der Waals surface area (Å²) in [4.78, 5) is 24.9. The molecule has 0 spiro atoms. The monoisotopic (exact) mass is 566 g/mol. The van der Waals surface area contributed by atoms with Crippen LogP contribution in [0.25, 0.3) is 22.2 Å². The van der Waals surface area contributed by atoms with E-state index in [0.717, 1.165) is 35.3 Å². The maximum absolute atomic E-state index is 12.4. The molecule has 0 bridgehead atoms. The van der Waals surface area contributed by atoms with E-state index in [1.807, 2.05) is 44.5 Å². The number of hydrogen-bond donors (Lipinski definition) is 2. The van der Waals surface area contributed by atoms with Crippen LogP contribution in [0.5, 0.6) is 5.75 Å². The maximum Gasteiger partial charge on any atom is 0.410 e. The molecule has 2 aliphatic rings. The summed E-state index contributed by atoms with van der Waals surface area (Å²) >= 11 is 6.29. The second kappa shape index (κ2) is 10.8. The maximum atomic E-state index is 12.4. The van der Waals surface area contributed by atoms with Crippen molar-refractivity contribution in [2.75, 3.05) is 39.0 Å². The van der Waals surface area contributed by atoms with Crippen molar-refractivity contribution in [1.29, 1.82) is 0 Å². The lowest BCUT2D eigenvalue weighted by Crippen LogP contribution is -2.61. The molecule has 2 saturated heterocycles. The number of nitrogen functional groups attached to an aromatic ring is 1. The van der Waals surface area contributed by atoms with Gasteiger partial charge in [0.15, 0.2) is 0 Å². The summed E-state index contributed by atoms with van der Waals surface area (Å²) in [7, 11) is 3.49. The summed E-state index contributed by atoms with van der Waals surface area (Å²) in [5, 5.41) is 12.1. The van der Waals surface area contributed by atoms with E-state index < -0.39 is 11.7 Å². The number of rotatable bonds is 3. The summed E-state index contributed by atoms with van der Waals surface area (Å²) in [6.45, 7) is 7.82. The number of carbonyl (C=O) groups is 1. The van der Waals surface area contributed by atoms with Gasteiger partial charge < -0.3 is 29.8 Å². The smallest absolute Gasteiger partial charge is 0.410 e. The van der Waals surface area contributed by atoms with Crippen molar-refractivity contribution in [3.63, 3.8) is 0 Å². The largest absolute Gasteiger partial charge is 0.495 e. The SMILES string of the molecule is COc1cc(-c2c(C#CC3CN([C@H]4CCN(C(=O)OC(C)(C)C)C[C@@H]4O)C3)n(C)c3ncnc(N)c23)ccc1Cl. The number of aromatic nitrogens is 3. The molecule has 1 aromatic carbocycles. The Morgan fingerprint density at radius 3 is 2.65 bits per heavy atom. The number of nitrogens with zero attached hydrogens (tertiary/aromatic N) is 5. The lowest BCUT2D eigenvalue weighted by atomic mass is 9.92. The van der Waals surface area contributed by atoms with E-state index in [0.29, 0.717) is 35.2 Å². The van der Waals surface area contributed by atoms with E-state index in [4.69, 9.17) is 26.8 Å². The number of hydrogen-bond acceptors (Lipinski definition) is 8. The number of piperidine rings is 1. The molecule has 2 aliphatic heterocycles. The van der Waals surface area contributed by atoms with E-state index in [1.165, 1.54) is 6.33 Å². The number of carbonyl (C=O) groups excluding carboxylic acids is 1. The Kier molecular flexibility index (Phi) is 7.57. The molecule has 0 saturated carbocycles. The van der Waals surface area contributed by atoms with Crippen LogP contribution >= 0.6 is 11.6 Å². The third kappa shape index (κ3) is 5.42. The van der Waals surface area contributed by atoms with Gasteiger partial charge in [-0.1, -0.05) is 23.6 Å². The van der Waals surface area contributed by atoms with Gasteiger partial charge in [0.2, 0.25) is 0 Å². The molecule has 3 aromatic rings. The number of anilines is 1. The van der Waals surface area contributed by atoms with E-state index >= 15 is 0 Å².